The predicted molar refractivity (Wildman–Crippen MR) is 116 cm³/mol. The van der Waals surface area contributed by atoms with E-state index in [2.05, 4.69) is 25.3 Å². The Balaban J connectivity index is 1.62. The fraction of sp³-hybridized carbons (Fsp3) is 0.227. The van der Waals surface area contributed by atoms with Gasteiger partial charge in [0, 0.05) is 34.6 Å². The first-order valence-electron chi connectivity index (χ1n) is 11.3. The number of carbonyl (C=O) groups is 1. The third kappa shape index (κ3) is 3.49. The van der Waals surface area contributed by atoms with Crippen molar-refractivity contribution in [3.63, 3.8) is 0 Å². The molecule has 1 amide bonds. The smallest absolute Gasteiger partial charge is 0.246 e. The molecular formula is C22H21N7O2. The van der Waals surface area contributed by atoms with Gasteiger partial charge >= 0.3 is 0 Å². The molecule has 2 unspecified atom stereocenters. The fourth-order valence-corrected chi connectivity index (χ4v) is 3.73. The quantitative estimate of drug-likeness (QED) is 0.511. The fourth-order valence-electron chi connectivity index (χ4n) is 3.73. The number of anilines is 1. The van der Waals surface area contributed by atoms with Gasteiger partial charge in [0.2, 0.25) is 5.91 Å². The number of fused-ring (bicyclic) bond motifs is 1. The zero-order valence-electron chi connectivity index (χ0n) is 19.4. The molecule has 2 atom stereocenters. The van der Waals surface area contributed by atoms with Crippen LogP contribution >= 0.6 is 0 Å². The summed E-state index contributed by atoms with van der Waals surface area (Å²) >= 11 is 0. The second-order valence-electron chi connectivity index (χ2n) is 7.23. The molecule has 1 fully saturated rings. The number of nitrogens with one attached hydrogen (secondary N) is 1. The van der Waals surface area contributed by atoms with Crippen LogP contribution in [0.4, 0.5) is 5.82 Å². The molecule has 3 aromatic heterocycles. The standard InChI is InChI=1S/C22H21N7O2/c1-24-21-18-22(29(12-26-18)17-8-7-16(31-17)19(23)30)28-20(27-21)15-9-14(10-25-11-15)13-5-3-2-4-6-13/h2-6,9-12,16-17H,7-8H2,1H3,(H2,23,30)(H,24,27,28)/i1D3. The van der Waals surface area contributed by atoms with Crippen molar-refractivity contribution in [1.82, 2.24) is 24.5 Å². The van der Waals surface area contributed by atoms with Gasteiger partial charge in [-0.05, 0) is 24.5 Å². The van der Waals surface area contributed by atoms with E-state index in [1.165, 1.54) is 6.33 Å². The van der Waals surface area contributed by atoms with Gasteiger partial charge in [0.15, 0.2) is 22.8 Å². The van der Waals surface area contributed by atoms with Crippen molar-refractivity contribution >= 4 is 22.9 Å². The van der Waals surface area contributed by atoms with E-state index in [0.29, 0.717) is 24.1 Å². The highest BCUT2D eigenvalue weighted by molar-refractivity contribution is 5.85. The van der Waals surface area contributed by atoms with E-state index in [9.17, 15) is 4.79 Å². The van der Waals surface area contributed by atoms with Gasteiger partial charge in [-0.2, -0.15) is 0 Å². The first-order valence-corrected chi connectivity index (χ1v) is 9.77. The van der Waals surface area contributed by atoms with Gasteiger partial charge in [-0.25, -0.2) is 15.0 Å². The van der Waals surface area contributed by atoms with E-state index in [4.69, 9.17) is 14.6 Å². The summed E-state index contributed by atoms with van der Waals surface area (Å²) in [4.78, 5) is 29.3. The van der Waals surface area contributed by atoms with Crippen LogP contribution in [0.3, 0.4) is 0 Å². The van der Waals surface area contributed by atoms with Gasteiger partial charge in [0.1, 0.15) is 12.3 Å². The minimum atomic E-state index is -2.49. The summed E-state index contributed by atoms with van der Waals surface area (Å²) in [6, 6.07) is 11.6. The molecule has 9 nitrogen and oxygen atoms in total. The van der Waals surface area contributed by atoms with Crippen LogP contribution in [0.15, 0.2) is 55.1 Å². The van der Waals surface area contributed by atoms with Gasteiger partial charge in [0.05, 0.1) is 6.33 Å². The number of amides is 1. The zero-order valence-corrected chi connectivity index (χ0v) is 16.4. The van der Waals surface area contributed by atoms with Crippen molar-refractivity contribution in [1.29, 1.82) is 0 Å². The van der Waals surface area contributed by atoms with Crippen LogP contribution in [-0.4, -0.2) is 43.5 Å². The van der Waals surface area contributed by atoms with Crippen molar-refractivity contribution in [3.05, 3.63) is 55.1 Å². The van der Waals surface area contributed by atoms with Crippen LogP contribution in [0, 0.1) is 0 Å². The maximum absolute atomic E-state index is 11.5. The average Bonchev–Trinajstić information content (AvgIpc) is 3.46. The van der Waals surface area contributed by atoms with Gasteiger partial charge in [0.25, 0.3) is 0 Å². The number of aromatic nitrogens is 5. The number of ether oxygens (including phenoxy) is 1. The van der Waals surface area contributed by atoms with Crippen molar-refractivity contribution < 1.29 is 13.6 Å². The Bertz CT molecular complexity index is 1360. The van der Waals surface area contributed by atoms with Crippen LogP contribution in [-0.2, 0) is 9.53 Å². The van der Waals surface area contributed by atoms with Crippen LogP contribution in [0.25, 0.3) is 33.7 Å². The van der Waals surface area contributed by atoms with Crippen molar-refractivity contribution in [2.75, 3.05) is 12.3 Å². The van der Waals surface area contributed by atoms with Crippen LogP contribution < -0.4 is 11.1 Å². The summed E-state index contributed by atoms with van der Waals surface area (Å²) < 4.78 is 30.4. The molecule has 1 aliphatic rings. The lowest BCUT2D eigenvalue weighted by molar-refractivity contribution is -0.130. The van der Waals surface area contributed by atoms with Gasteiger partial charge < -0.3 is 15.8 Å². The van der Waals surface area contributed by atoms with Crippen LogP contribution in [0.2, 0.25) is 0 Å². The Morgan fingerprint density at radius 3 is 2.81 bits per heavy atom. The molecule has 156 valence electrons. The summed E-state index contributed by atoms with van der Waals surface area (Å²) in [5.41, 5.74) is 8.48. The second-order valence-corrected chi connectivity index (χ2v) is 7.23. The molecule has 4 aromatic rings. The molecule has 1 saturated heterocycles. The average molecular weight is 418 g/mol. The first kappa shape index (κ1) is 15.9. The number of hydrogen-bond acceptors (Lipinski definition) is 7. The molecule has 31 heavy (non-hydrogen) atoms. The number of hydrogen-bond donors (Lipinski definition) is 2. The minimum absolute atomic E-state index is 0.0633. The molecule has 5 rings (SSSR count). The molecule has 0 radical (unpaired) electrons. The number of imidazole rings is 1. The van der Waals surface area contributed by atoms with E-state index in [1.807, 2.05) is 36.4 Å². The molecule has 9 heteroatoms. The van der Waals surface area contributed by atoms with Crippen LogP contribution in [0.1, 0.15) is 23.2 Å². The first-order chi connectivity index (χ1) is 16.3. The Morgan fingerprint density at radius 1 is 1.19 bits per heavy atom. The summed E-state index contributed by atoms with van der Waals surface area (Å²) in [5, 5.41) is 2.45. The third-order valence-corrected chi connectivity index (χ3v) is 5.27. The molecule has 1 aromatic carbocycles. The number of nitrogens with two attached hydrogens (primary N) is 1. The molecular weight excluding hydrogens is 394 g/mol. The van der Waals surface area contributed by atoms with E-state index in [-0.39, 0.29) is 17.2 Å². The normalized spacial score (nSPS) is 20.2. The summed E-state index contributed by atoms with van der Waals surface area (Å²) in [5.74, 6) is -0.195. The van der Waals surface area contributed by atoms with Crippen molar-refractivity contribution in [2.45, 2.75) is 25.2 Å². The van der Waals surface area contributed by atoms with E-state index < -0.39 is 25.2 Å². The molecule has 0 aliphatic carbocycles. The highest BCUT2D eigenvalue weighted by atomic mass is 16.5. The lowest BCUT2D eigenvalue weighted by Crippen LogP contribution is -2.28. The Morgan fingerprint density at radius 2 is 2.03 bits per heavy atom. The maximum Gasteiger partial charge on any atom is 0.246 e. The Labute approximate surface area is 182 Å². The number of benzene rings is 1. The molecule has 0 bridgehead atoms. The highest BCUT2D eigenvalue weighted by Gasteiger charge is 2.31. The lowest BCUT2D eigenvalue weighted by Gasteiger charge is -2.14. The van der Waals surface area contributed by atoms with E-state index in [0.717, 1.165) is 11.1 Å². The number of carbonyl (C=O) groups excluding carboxylic acids is 1. The second kappa shape index (κ2) is 7.77. The van der Waals surface area contributed by atoms with Gasteiger partial charge in [-0.1, -0.05) is 30.3 Å². The Hall–Kier alpha value is -3.85. The lowest BCUT2D eigenvalue weighted by atomic mass is 10.1. The van der Waals surface area contributed by atoms with E-state index >= 15 is 0 Å². The number of primary amides is 1. The highest BCUT2D eigenvalue weighted by Crippen LogP contribution is 2.33. The van der Waals surface area contributed by atoms with Crippen LogP contribution in [0.5, 0.6) is 0 Å². The van der Waals surface area contributed by atoms with E-state index in [1.54, 1.807) is 17.0 Å². The minimum Gasteiger partial charge on any atom is -0.371 e. The monoisotopic (exact) mass is 418 g/mol. The SMILES string of the molecule is [2H]C([2H])([2H])Nc1nc(-c2cncc(-c3ccccc3)c2)nc2c1ncn2C1CCC(C(N)=O)O1. The zero-order chi connectivity index (χ0) is 23.9. The number of nitrogens with zero attached hydrogens (tertiary/aromatic N) is 5. The molecule has 1 aliphatic heterocycles. The van der Waals surface area contributed by atoms with Crippen molar-refractivity contribution in [3.8, 4) is 22.5 Å². The van der Waals surface area contributed by atoms with Crippen molar-refractivity contribution in [2.24, 2.45) is 5.73 Å². The molecule has 0 spiro atoms. The third-order valence-electron chi connectivity index (χ3n) is 5.27. The summed E-state index contributed by atoms with van der Waals surface area (Å²) in [6.45, 7) is -2.49. The molecule has 4 heterocycles. The number of rotatable bonds is 5. The summed E-state index contributed by atoms with van der Waals surface area (Å²) in [6.07, 6.45) is 4.64. The summed E-state index contributed by atoms with van der Waals surface area (Å²) in [7, 11) is 0. The maximum atomic E-state index is 11.5. The topological polar surface area (TPSA) is 121 Å². The number of pyridine rings is 1. The van der Waals surface area contributed by atoms with Gasteiger partial charge in [-0.15, -0.1) is 0 Å². The molecule has 3 N–H and O–H groups in total. The van der Waals surface area contributed by atoms with Gasteiger partial charge in [-0.3, -0.25) is 14.3 Å². The molecule has 0 saturated carbocycles. The largest absolute Gasteiger partial charge is 0.371 e. The Kier molecular flexibility index (Phi) is 3.99. The predicted octanol–water partition coefficient (Wildman–Crippen LogP) is 2.76.